The van der Waals surface area contributed by atoms with E-state index in [1.807, 2.05) is 6.92 Å². The molecule has 0 bridgehead atoms. The highest BCUT2D eigenvalue weighted by Crippen LogP contribution is 2.10. The van der Waals surface area contributed by atoms with Crippen LogP contribution in [-0.4, -0.2) is 4.87 Å². The lowest BCUT2D eigenvalue weighted by atomic mass is 10.2. The van der Waals surface area contributed by atoms with Crippen molar-refractivity contribution >= 4 is 12.6 Å². The van der Waals surface area contributed by atoms with Gasteiger partial charge < -0.3 is 5.73 Å². The molecular formula is C5H11NS. The Morgan fingerprint density at radius 3 is 2.43 bits per heavy atom. The molecule has 0 aromatic rings. The van der Waals surface area contributed by atoms with Gasteiger partial charge in [-0.15, -0.1) is 6.58 Å². The van der Waals surface area contributed by atoms with E-state index in [1.54, 1.807) is 6.08 Å². The van der Waals surface area contributed by atoms with E-state index in [0.717, 1.165) is 6.42 Å². The molecule has 0 rings (SSSR count). The highest BCUT2D eigenvalue weighted by atomic mass is 32.1. The molecule has 0 saturated heterocycles. The Kier molecular flexibility index (Phi) is 2.40. The Morgan fingerprint density at radius 2 is 2.43 bits per heavy atom. The second-order valence-electron chi connectivity index (χ2n) is 1.55. The van der Waals surface area contributed by atoms with Crippen molar-refractivity contribution in [2.75, 3.05) is 0 Å². The first-order valence-electron chi connectivity index (χ1n) is 2.27. The molecule has 2 heteroatoms. The molecule has 0 amide bonds. The summed E-state index contributed by atoms with van der Waals surface area (Å²) in [4.78, 5) is -0.458. The molecule has 1 unspecified atom stereocenters. The molecule has 0 spiro atoms. The Hall–Kier alpha value is 0.0500. The first-order valence-corrected chi connectivity index (χ1v) is 2.72. The number of thiol groups is 1. The normalized spacial score (nSPS) is 18.1. The van der Waals surface area contributed by atoms with Gasteiger partial charge in [0.25, 0.3) is 0 Å². The minimum Gasteiger partial charge on any atom is -0.314 e. The van der Waals surface area contributed by atoms with Gasteiger partial charge in [0.1, 0.15) is 0 Å². The maximum absolute atomic E-state index is 5.46. The fourth-order valence-corrected chi connectivity index (χ4v) is 0.144. The molecule has 1 atom stereocenters. The summed E-state index contributed by atoms with van der Waals surface area (Å²) in [7, 11) is 0. The molecule has 0 aromatic heterocycles. The highest BCUT2D eigenvalue weighted by molar-refractivity contribution is 7.82. The smallest absolute Gasteiger partial charge is 0.0771 e. The van der Waals surface area contributed by atoms with Gasteiger partial charge in [0, 0.05) is 0 Å². The molecule has 0 aliphatic carbocycles. The standard InChI is InChI=1S/C5H11NS/c1-3-5(6,7)4-2/h3,7H,1,4,6H2,2H3. The monoisotopic (exact) mass is 117 g/mol. The fraction of sp³-hybridized carbons (Fsp3) is 0.600. The van der Waals surface area contributed by atoms with E-state index in [-0.39, 0.29) is 0 Å². The first kappa shape index (κ1) is 7.05. The van der Waals surface area contributed by atoms with Crippen molar-refractivity contribution in [2.45, 2.75) is 18.2 Å². The Labute approximate surface area is 50.0 Å². The van der Waals surface area contributed by atoms with Crippen LogP contribution in [0, 0.1) is 0 Å². The predicted molar refractivity (Wildman–Crippen MR) is 36.4 cm³/mol. The Morgan fingerprint density at radius 1 is 2.00 bits per heavy atom. The van der Waals surface area contributed by atoms with Crippen molar-refractivity contribution in [3.8, 4) is 0 Å². The zero-order chi connectivity index (χ0) is 5.91. The number of hydrogen-bond donors (Lipinski definition) is 2. The number of hydrogen-bond acceptors (Lipinski definition) is 2. The molecular weight excluding hydrogens is 106 g/mol. The second kappa shape index (κ2) is 2.38. The molecule has 0 aromatic carbocycles. The van der Waals surface area contributed by atoms with Crippen molar-refractivity contribution in [2.24, 2.45) is 5.73 Å². The quantitative estimate of drug-likeness (QED) is 0.317. The largest absolute Gasteiger partial charge is 0.314 e. The second-order valence-corrected chi connectivity index (χ2v) is 2.38. The molecule has 0 saturated carbocycles. The number of rotatable bonds is 2. The van der Waals surface area contributed by atoms with E-state index in [9.17, 15) is 0 Å². The molecule has 7 heavy (non-hydrogen) atoms. The number of nitrogens with two attached hydrogens (primary N) is 1. The maximum Gasteiger partial charge on any atom is 0.0771 e. The lowest BCUT2D eigenvalue weighted by Crippen LogP contribution is -2.28. The molecule has 1 nitrogen and oxygen atoms in total. The van der Waals surface area contributed by atoms with Gasteiger partial charge >= 0.3 is 0 Å². The molecule has 0 radical (unpaired) electrons. The van der Waals surface area contributed by atoms with Crippen LogP contribution >= 0.6 is 12.6 Å². The van der Waals surface area contributed by atoms with Gasteiger partial charge in [-0.25, -0.2) is 0 Å². The Bertz CT molecular complexity index is 68.5. The molecule has 0 aliphatic rings. The minimum atomic E-state index is -0.458. The zero-order valence-corrected chi connectivity index (χ0v) is 5.41. The van der Waals surface area contributed by atoms with Crippen LogP contribution in [0.1, 0.15) is 13.3 Å². The van der Waals surface area contributed by atoms with Gasteiger partial charge in [-0.3, -0.25) is 0 Å². The van der Waals surface area contributed by atoms with Gasteiger partial charge in [0.05, 0.1) is 4.87 Å². The lowest BCUT2D eigenvalue weighted by molar-refractivity contribution is 0.728. The van der Waals surface area contributed by atoms with Crippen LogP contribution in [0.4, 0.5) is 0 Å². The van der Waals surface area contributed by atoms with Crippen LogP contribution < -0.4 is 5.73 Å². The van der Waals surface area contributed by atoms with Crippen molar-refractivity contribution < 1.29 is 0 Å². The SMILES string of the molecule is C=CC(N)(S)CC. The van der Waals surface area contributed by atoms with Crippen molar-refractivity contribution in [3.05, 3.63) is 12.7 Å². The molecule has 0 aliphatic heterocycles. The maximum atomic E-state index is 5.46. The summed E-state index contributed by atoms with van der Waals surface area (Å²) in [5.74, 6) is 0. The molecule has 2 N–H and O–H groups in total. The third-order valence-corrected chi connectivity index (χ3v) is 1.42. The van der Waals surface area contributed by atoms with Crippen LogP contribution in [-0.2, 0) is 0 Å². The summed E-state index contributed by atoms with van der Waals surface area (Å²) >= 11 is 4.05. The molecule has 0 heterocycles. The summed E-state index contributed by atoms with van der Waals surface area (Å²) in [6, 6.07) is 0. The summed E-state index contributed by atoms with van der Waals surface area (Å²) in [6.07, 6.45) is 2.45. The minimum absolute atomic E-state index is 0.458. The fourth-order valence-electron chi connectivity index (χ4n) is 0.144. The summed E-state index contributed by atoms with van der Waals surface area (Å²) < 4.78 is 0. The van der Waals surface area contributed by atoms with Gasteiger partial charge in [-0.05, 0) is 6.42 Å². The zero-order valence-electron chi connectivity index (χ0n) is 4.52. The van der Waals surface area contributed by atoms with Gasteiger partial charge in [-0.2, -0.15) is 12.6 Å². The van der Waals surface area contributed by atoms with Crippen molar-refractivity contribution in [1.29, 1.82) is 0 Å². The lowest BCUT2D eigenvalue weighted by Gasteiger charge is -2.14. The van der Waals surface area contributed by atoms with E-state index in [2.05, 4.69) is 19.2 Å². The van der Waals surface area contributed by atoms with Gasteiger partial charge in [-0.1, -0.05) is 13.0 Å². The van der Waals surface area contributed by atoms with Gasteiger partial charge in [0.2, 0.25) is 0 Å². The van der Waals surface area contributed by atoms with Crippen LogP contribution in [0.15, 0.2) is 12.7 Å². The first-order chi connectivity index (χ1) is 3.12. The van der Waals surface area contributed by atoms with E-state index in [1.165, 1.54) is 0 Å². The molecule has 42 valence electrons. The van der Waals surface area contributed by atoms with E-state index >= 15 is 0 Å². The van der Waals surface area contributed by atoms with Crippen molar-refractivity contribution in [1.82, 2.24) is 0 Å². The summed E-state index contributed by atoms with van der Waals surface area (Å²) in [5, 5.41) is 0. The summed E-state index contributed by atoms with van der Waals surface area (Å²) in [5.41, 5.74) is 5.46. The van der Waals surface area contributed by atoms with E-state index < -0.39 is 4.87 Å². The van der Waals surface area contributed by atoms with E-state index in [0.29, 0.717) is 0 Å². The van der Waals surface area contributed by atoms with E-state index in [4.69, 9.17) is 5.73 Å². The van der Waals surface area contributed by atoms with Gasteiger partial charge in [0.15, 0.2) is 0 Å². The van der Waals surface area contributed by atoms with Crippen LogP contribution in [0.2, 0.25) is 0 Å². The van der Waals surface area contributed by atoms with Crippen LogP contribution in [0.3, 0.4) is 0 Å². The summed E-state index contributed by atoms with van der Waals surface area (Å²) in [6.45, 7) is 5.47. The predicted octanol–water partition coefficient (Wildman–Crippen LogP) is 1.17. The van der Waals surface area contributed by atoms with Crippen LogP contribution in [0.5, 0.6) is 0 Å². The van der Waals surface area contributed by atoms with Crippen molar-refractivity contribution in [3.63, 3.8) is 0 Å². The Balaban J connectivity index is 3.58. The average molecular weight is 117 g/mol. The molecule has 0 fully saturated rings. The highest BCUT2D eigenvalue weighted by Gasteiger charge is 2.08. The topological polar surface area (TPSA) is 26.0 Å². The third kappa shape index (κ3) is 2.71. The average Bonchev–Trinajstić information content (AvgIpc) is 1.68. The third-order valence-electron chi connectivity index (χ3n) is 0.920. The van der Waals surface area contributed by atoms with Crippen LogP contribution in [0.25, 0.3) is 0 Å².